The second-order valence-electron chi connectivity index (χ2n) is 7.63. The van der Waals surface area contributed by atoms with Crippen molar-refractivity contribution in [2.24, 2.45) is 0 Å². The molecule has 0 unspecified atom stereocenters. The number of carbonyl (C=O) groups excluding carboxylic acids is 1. The topological polar surface area (TPSA) is 80.2 Å². The Labute approximate surface area is 198 Å². The van der Waals surface area contributed by atoms with Crippen LogP contribution in [0.5, 0.6) is 0 Å². The third-order valence-corrected chi connectivity index (χ3v) is 6.29. The number of nitriles is 1. The van der Waals surface area contributed by atoms with E-state index in [0.29, 0.717) is 18.5 Å². The van der Waals surface area contributed by atoms with Crippen molar-refractivity contribution >= 4 is 29.2 Å². The van der Waals surface area contributed by atoms with E-state index in [1.54, 1.807) is 18.0 Å². The van der Waals surface area contributed by atoms with E-state index in [2.05, 4.69) is 33.5 Å². The van der Waals surface area contributed by atoms with Crippen LogP contribution in [0.15, 0.2) is 95.8 Å². The highest BCUT2D eigenvalue weighted by molar-refractivity contribution is 7.99. The lowest BCUT2D eigenvalue weighted by atomic mass is 10.1. The number of nitrogens with one attached hydrogen (secondary N) is 3. The van der Waals surface area contributed by atoms with Crippen LogP contribution in [-0.2, 0) is 6.54 Å². The van der Waals surface area contributed by atoms with Crippen LogP contribution in [0.1, 0.15) is 17.5 Å². The van der Waals surface area contributed by atoms with Crippen molar-refractivity contribution in [1.82, 2.24) is 10.6 Å². The highest BCUT2D eigenvalue weighted by Gasteiger charge is 2.19. The fraction of sp³-hybridized carbons (Fsp3) is 0.154. The molecule has 0 saturated heterocycles. The average Bonchev–Trinajstić information content (AvgIpc) is 2.92. The lowest BCUT2D eigenvalue weighted by molar-refractivity contribution is 0.254. The van der Waals surface area contributed by atoms with Gasteiger partial charge in [0.15, 0.2) is 0 Å². The first-order valence-corrected chi connectivity index (χ1v) is 11.7. The molecule has 2 amide bonds. The van der Waals surface area contributed by atoms with E-state index in [-0.39, 0.29) is 6.03 Å². The van der Waals surface area contributed by atoms with Crippen molar-refractivity contribution in [3.05, 3.63) is 102 Å². The van der Waals surface area contributed by atoms with E-state index in [1.807, 2.05) is 66.8 Å². The summed E-state index contributed by atoms with van der Waals surface area (Å²) < 4.78 is 0. The molecule has 33 heavy (non-hydrogen) atoms. The van der Waals surface area contributed by atoms with Gasteiger partial charge in [-0.3, -0.25) is 0 Å². The molecule has 2 aromatic carbocycles. The number of amides is 2. The summed E-state index contributed by atoms with van der Waals surface area (Å²) in [6, 6.07) is 15.6. The highest BCUT2D eigenvalue weighted by atomic mass is 32.2. The summed E-state index contributed by atoms with van der Waals surface area (Å²) in [7, 11) is 0. The third-order valence-electron chi connectivity index (χ3n) is 5.26. The lowest BCUT2D eigenvalue weighted by Crippen LogP contribution is -2.30. The molecule has 2 aromatic rings. The van der Waals surface area contributed by atoms with Crippen LogP contribution in [-0.4, -0.2) is 18.3 Å². The minimum absolute atomic E-state index is 0.296. The van der Waals surface area contributed by atoms with Gasteiger partial charge in [-0.05, 0) is 35.9 Å². The van der Waals surface area contributed by atoms with Gasteiger partial charge in [0, 0.05) is 53.4 Å². The molecule has 2 heterocycles. The fourth-order valence-electron chi connectivity index (χ4n) is 3.62. The van der Waals surface area contributed by atoms with E-state index >= 15 is 0 Å². The van der Waals surface area contributed by atoms with Crippen molar-refractivity contribution in [2.45, 2.75) is 17.9 Å². The maximum atomic E-state index is 12.6. The number of fused-ring (bicyclic) bond motifs is 1. The number of hydrogen-bond acceptors (Lipinski definition) is 5. The van der Waals surface area contributed by atoms with Gasteiger partial charge in [-0.2, -0.15) is 5.26 Å². The molecule has 6 nitrogen and oxygen atoms in total. The zero-order chi connectivity index (χ0) is 23.0. The van der Waals surface area contributed by atoms with Gasteiger partial charge in [-0.15, -0.1) is 11.8 Å². The maximum absolute atomic E-state index is 12.6. The number of allylic oxidation sites excluding steroid dienone is 4. The Balaban J connectivity index is 1.43. The van der Waals surface area contributed by atoms with Gasteiger partial charge in [0.1, 0.15) is 0 Å². The summed E-state index contributed by atoms with van der Waals surface area (Å²) in [5.74, 6) is 0.945. The molecule has 2 aliphatic rings. The van der Waals surface area contributed by atoms with Gasteiger partial charge in [0.2, 0.25) is 0 Å². The van der Waals surface area contributed by atoms with Gasteiger partial charge >= 0.3 is 6.03 Å². The standard InChI is InChI=1S/C26H25N5OS/c1-19-7-3-2-4-10-23(17-28-19)30-26(32)29-22-11-12-24-25(15-22)33-14-13-31(24)18-21-9-6-5-8-20(21)16-27/h2-9,11-12,15,17,28H,1,10,13-14,18H2,(H2,29,30,32)/b4-2-,7-3-,23-17+. The first-order chi connectivity index (χ1) is 16.1. The SMILES string of the molecule is C=C1/C=C\C=C/C/C(NC(=O)Nc2ccc3c(c2)SCCN3Cc2ccccc2C#N)=C\N1. The number of hydrogen-bond donors (Lipinski definition) is 3. The summed E-state index contributed by atoms with van der Waals surface area (Å²) in [5, 5.41) is 18.3. The Morgan fingerprint density at radius 3 is 2.97 bits per heavy atom. The molecule has 0 bridgehead atoms. The Bertz CT molecular complexity index is 1190. The number of nitrogens with zero attached hydrogens (tertiary/aromatic N) is 2. The smallest absolute Gasteiger partial charge is 0.323 e. The number of urea groups is 1. The molecule has 0 spiro atoms. The Hall–Kier alpha value is -3.89. The van der Waals surface area contributed by atoms with Gasteiger partial charge in [-0.25, -0.2) is 4.79 Å². The van der Waals surface area contributed by atoms with Gasteiger partial charge in [-0.1, -0.05) is 43.0 Å². The number of carbonyl (C=O) groups is 1. The molecule has 0 fully saturated rings. The minimum Gasteiger partial charge on any atom is -0.365 e. The zero-order valence-electron chi connectivity index (χ0n) is 18.2. The largest absolute Gasteiger partial charge is 0.365 e. The van der Waals surface area contributed by atoms with Crippen LogP contribution in [0.4, 0.5) is 16.2 Å². The molecule has 166 valence electrons. The van der Waals surface area contributed by atoms with E-state index in [4.69, 9.17) is 0 Å². The molecule has 4 rings (SSSR count). The zero-order valence-corrected chi connectivity index (χ0v) is 19.0. The molecule has 0 atom stereocenters. The fourth-order valence-corrected chi connectivity index (χ4v) is 4.71. The quantitative estimate of drug-likeness (QED) is 0.587. The molecule has 0 saturated carbocycles. The second kappa shape index (κ2) is 10.6. The van der Waals surface area contributed by atoms with Crippen molar-refractivity contribution in [2.75, 3.05) is 22.5 Å². The molecule has 2 aliphatic heterocycles. The van der Waals surface area contributed by atoms with Crippen LogP contribution >= 0.6 is 11.8 Å². The summed E-state index contributed by atoms with van der Waals surface area (Å²) in [6.07, 6.45) is 10.0. The number of rotatable bonds is 4. The first kappa shape index (κ1) is 22.3. The number of anilines is 2. The Morgan fingerprint density at radius 2 is 2.09 bits per heavy atom. The molecular weight excluding hydrogens is 430 g/mol. The number of benzene rings is 2. The predicted octanol–water partition coefficient (Wildman–Crippen LogP) is 5.25. The predicted molar refractivity (Wildman–Crippen MR) is 135 cm³/mol. The van der Waals surface area contributed by atoms with Crippen LogP contribution in [0.3, 0.4) is 0 Å². The van der Waals surface area contributed by atoms with Crippen molar-refractivity contribution in [1.29, 1.82) is 5.26 Å². The van der Waals surface area contributed by atoms with Crippen molar-refractivity contribution < 1.29 is 4.79 Å². The summed E-state index contributed by atoms with van der Waals surface area (Å²) in [6.45, 7) is 5.48. The van der Waals surface area contributed by atoms with E-state index < -0.39 is 0 Å². The first-order valence-electron chi connectivity index (χ1n) is 10.7. The van der Waals surface area contributed by atoms with Crippen LogP contribution < -0.4 is 20.9 Å². The minimum atomic E-state index is -0.296. The second-order valence-corrected chi connectivity index (χ2v) is 8.77. The van der Waals surface area contributed by atoms with Gasteiger partial charge in [0.05, 0.1) is 17.3 Å². The summed E-state index contributed by atoms with van der Waals surface area (Å²) in [5.41, 5.74) is 5.05. The normalized spacial score (nSPS) is 18.7. The maximum Gasteiger partial charge on any atom is 0.323 e. The van der Waals surface area contributed by atoms with Crippen molar-refractivity contribution in [3.63, 3.8) is 0 Å². The molecule has 0 aromatic heterocycles. The van der Waals surface area contributed by atoms with E-state index in [9.17, 15) is 10.1 Å². The highest BCUT2D eigenvalue weighted by Crippen LogP contribution is 2.37. The molecule has 3 N–H and O–H groups in total. The van der Waals surface area contributed by atoms with Gasteiger partial charge in [0.25, 0.3) is 0 Å². The lowest BCUT2D eigenvalue weighted by Gasteiger charge is -2.31. The molecule has 0 aliphatic carbocycles. The molecular formula is C26H25N5OS. The summed E-state index contributed by atoms with van der Waals surface area (Å²) in [4.78, 5) is 16.0. The molecule has 0 radical (unpaired) electrons. The van der Waals surface area contributed by atoms with Crippen LogP contribution in [0.2, 0.25) is 0 Å². The van der Waals surface area contributed by atoms with Crippen molar-refractivity contribution in [3.8, 4) is 6.07 Å². The molecule has 7 heteroatoms. The van der Waals surface area contributed by atoms with E-state index in [0.717, 1.165) is 45.5 Å². The van der Waals surface area contributed by atoms with Gasteiger partial charge < -0.3 is 20.9 Å². The van der Waals surface area contributed by atoms with Crippen LogP contribution in [0, 0.1) is 11.3 Å². The Kier molecular flexibility index (Phi) is 7.18. The monoisotopic (exact) mass is 455 g/mol. The van der Waals surface area contributed by atoms with E-state index in [1.165, 1.54) is 0 Å². The number of thioether (sulfide) groups is 1. The third kappa shape index (κ3) is 5.88. The van der Waals surface area contributed by atoms with Crippen LogP contribution in [0.25, 0.3) is 0 Å². The average molecular weight is 456 g/mol. The Morgan fingerprint density at radius 1 is 1.21 bits per heavy atom. The summed E-state index contributed by atoms with van der Waals surface area (Å²) >= 11 is 1.77.